The highest BCUT2D eigenvalue weighted by molar-refractivity contribution is 8.00. The number of rotatable bonds is 8. The van der Waals surface area contributed by atoms with E-state index < -0.39 is 0 Å². The molecule has 182 valence electrons. The van der Waals surface area contributed by atoms with Crippen LogP contribution >= 0.6 is 23.1 Å². The SMILES string of the molecule is CCC(Sc1nc2c(cc1C#N)CC(C(C)(C)CC)CC2)C(=O)Nc1nc(-c2ccccc2)cs1. The van der Waals surface area contributed by atoms with E-state index in [1.165, 1.54) is 28.7 Å². The molecule has 1 aliphatic rings. The lowest BCUT2D eigenvalue weighted by molar-refractivity contribution is -0.115. The van der Waals surface area contributed by atoms with Crippen LogP contribution in [0.25, 0.3) is 11.3 Å². The van der Waals surface area contributed by atoms with E-state index in [4.69, 9.17) is 4.98 Å². The molecular weight excluding hydrogens is 472 g/mol. The summed E-state index contributed by atoms with van der Waals surface area (Å²) in [5.74, 6) is 0.486. The normalized spacial score (nSPS) is 16.3. The fraction of sp³-hybridized carbons (Fsp3) is 0.429. The van der Waals surface area contributed by atoms with Gasteiger partial charge in [-0.15, -0.1) is 11.3 Å². The van der Waals surface area contributed by atoms with E-state index in [0.717, 1.165) is 42.6 Å². The van der Waals surface area contributed by atoms with Crippen molar-refractivity contribution in [3.05, 3.63) is 58.6 Å². The number of aromatic nitrogens is 2. The van der Waals surface area contributed by atoms with E-state index in [1.807, 2.05) is 48.7 Å². The van der Waals surface area contributed by atoms with Gasteiger partial charge >= 0.3 is 0 Å². The Morgan fingerprint density at radius 2 is 2.06 bits per heavy atom. The zero-order chi connectivity index (χ0) is 25.0. The summed E-state index contributed by atoms with van der Waals surface area (Å²) in [5, 5.41) is 15.7. The second kappa shape index (κ2) is 10.9. The molecular formula is C28H32N4OS2. The number of pyridine rings is 1. The van der Waals surface area contributed by atoms with Crippen LogP contribution in [0.3, 0.4) is 0 Å². The summed E-state index contributed by atoms with van der Waals surface area (Å²) in [6.07, 6.45) is 4.77. The molecule has 3 aromatic rings. The number of aryl methyl sites for hydroxylation is 1. The van der Waals surface area contributed by atoms with Crippen molar-refractivity contribution >= 4 is 34.1 Å². The van der Waals surface area contributed by atoms with Gasteiger partial charge in [0.2, 0.25) is 5.91 Å². The highest BCUT2D eigenvalue weighted by Gasteiger charge is 2.32. The first-order chi connectivity index (χ1) is 16.8. The minimum atomic E-state index is -0.355. The van der Waals surface area contributed by atoms with Gasteiger partial charge in [-0.05, 0) is 48.6 Å². The number of amides is 1. The Bertz CT molecular complexity index is 1230. The number of thiazole rings is 1. The molecule has 0 radical (unpaired) electrons. The van der Waals surface area contributed by atoms with Crippen molar-refractivity contribution < 1.29 is 4.79 Å². The predicted octanol–water partition coefficient (Wildman–Crippen LogP) is 7.13. The van der Waals surface area contributed by atoms with Crippen LogP contribution in [0.1, 0.15) is 63.8 Å². The van der Waals surface area contributed by atoms with Gasteiger partial charge in [0.15, 0.2) is 5.13 Å². The summed E-state index contributed by atoms with van der Waals surface area (Å²) in [7, 11) is 0. The number of fused-ring (bicyclic) bond motifs is 1. The number of nitrogens with one attached hydrogen (secondary N) is 1. The number of carbonyl (C=O) groups excluding carboxylic acids is 1. The molecule has 2 unspecified atom stereocenters. The summed E-state index contributed by atoms with van der Waals surface area (Å²) in [4.78, 5) is 22.6. The lowest BCUT2D eigenvalue weighted by Gasteiger charge is -2.37. The first-order valence-electron chi connectivity index (χ1n) is 12.3. The molecule has 0 saturated carbocycles. The van der Waals surface area contributed by atoms with Gasteiger partial charge in [-0.25, -0.2) is 9.97 Å². The van der Waals surface area contributed by atoms with E-state index >= 15 is 0 Å². The lowest BCUT2D eigenvalue weighted by atomic mass is 9.69. The zero-order valence-corrected chi connectivity index (χ0v) is 22.4. The highest BCUT2D eigenvalue weighted by Crippen LogP contribution is 2.40. The predicted molar refractivity (Wildman–Crippen MR) is 145 cm³/mol. The second-order valence-electron chi connectivity index (χ2n) is 9.75. The Balaban J connectivity index is 1.48. The van der Waals surface area contributed by atoms with Gasteiger partial charge in [-0.2, -0.15) is 5.26 Å². The number of hydrogen-bond acceptors (Lipinski definition) is 6. The molecule has 1 amide bonds. The van der Waals surface area contributed by atoms with Gasteiger partial charge in [-0.1, -0.05) is 76.2 Å². The molecule has 2 heterocycles. The van der Waals surface area contributed by atoms with Gasteiger partial charge in [0.1, 0.15) is 11.1 Å². The Labute approximate surface area is 216 Å². The van der Waals surface area contributed by atoms with E-state index in [1.54, 1.807) is 0 Å². The summed E-state index contributed by atoms with van der Waals surface area (Å²) in [6, 6.07) is 14.3. The number of anilines is 1. The summed E-state index contributed by atoms with van der Waals surface area (Å²) in [6.45, 7) is 8.90. The molecule has 0 aliphatic heterocycles. The number of nitriles is 1. The van der Waals surface area contributed by atoms with Gasteiger partial charge in [0.25, 0.3) is 0 Å². The first kappa shape index (κ1) is 25.4. The average Bonchev–Trinajstić information content (AvgIpc) is 3.35. The van der Waals surface area contributed by atoms with Gasteiger partial charge in [0.05, 0.1) is 16.5 Å². The zero-order valence-electron chi connectivity index (χ0n) is 20.8. The van der Waals surface area contributed by atoms with Crippen LogP contribution in [0.15, 0.2) is 46.8 Å². The maximum atomic E-state index is 13.1. The molecule has 0 spiro atoms. The third kappa shape index (κ3) is 5.76. The van der Waals surface area contributed by atoms with Crippen LogP contribution in [0, 0.1) is 22.7 Å². The van der Waals surface area contributed by atoms with Crippen molar-refractivity contribution in [2.75, 3.05) is 5.32 Å². The molecule has 0 saturated heterocycles. The standard InChI is InChI=1S/C28H32N4OS2/c1-5-24(25(33)32-27-31-23(17-34-27)18-10-8-7-9-11-18)35-26-20(16-29)14-19-15-21(28(3,4)6-2)12-13-22(19)30-26/h7-11,14,17,21,24H,5-6,12-13,15H2,1-4H3,(H,31,32,33). The molecule has 4 rings (SSSR count). The van der Waals surface area contributed by atoms with Crippen molar-refractivity contribution in [3.8, 4) is 17.3 Å². The van der Waals surface area contributed by atoms with Gasteiger partial charge in [-0.3, -0.25) is 4.79 Å². The quantitative estimate of drug-likeness (QED) is 0.330. The van der Waals surface area contributed by atoms with Crippen molar-refractivity contribution in [1.29, 1.82) is 5.26 Å². The smallest absolute Gasteiger partial charge is 0.239 e. The molecule has 2 aromatic heterocycles. The first-order valence-corrected chi connectivity index (χ1v) is 14.0. The fourth-order valence-electron chi connectivity index (χ4n) is 4.49. The highest BCUT2D eigenvalue weighted by atomic mass is 32.2. The van der Waals surface area contributed by atoms with Crippen molar-refractivity contribution in [1.82, 2.24) is 9.97 Å². The number of nitrogens with zero attached hydrogens (tertiary/aromatic N) is 3. The number of thioether (sulfide) groups is 1. The monoisotopic (exact) mass is 504 g/mol. The largest absolute Gasteiger partial charge is 0.301 e. The van der Waals surface area contributed by atoms with E-state index in [9.17, 15) is 10.1 Å². The van der Waals surface area contributed by atoms with Crippen molar-refractivity contribution in [2.45, 2.75) is 70.1 Å². The molecule has 5 nitrogen and oxygen atoms in total. The maximum Gasteiger partial charge on any atom is 0.239 e. The van der Waals surface area contributed by atoms with Gasteiger partial charge in [0, 0.05) is 16.6 Å². The molecule has 0 fully saturated rings. The van der Waals surface area contributed by atoms with Crippen molar-refractivity contribution in [3.63, 3.8) is 0 Å². The van der Waals surface area contributed by atoms with Gasteiger partial charge < -0.3 is 5.32 Å². The van der Waals surface area contributed by atoms with E-state index in [0.29, 0.717) is 28.1 Å². The minimum absolute atomic E-state index is 0.111. The molecule has 1 aliphatic carbocycles. The summed E-state index contributed by atoms with van der Waals surface area (Å²) < 4.78 is 0. The van der Waals surface area contributed by atoms with Crippen LogP contribution in [0.4, 0.5) is 5.13 Å². The van der Waals surface area contributed by atoms with Crippen LogP contribution in [0.5, 0.6) is 0 Å². The molecule has 1 aromatic carbocycles. The Kier molecular flexibility index (Phi) is 7.93. The third-order valence-electron chi connectivity index (χ3n) is 7.21. The van der Waals surface area contributed by atoms with Crippen LogP contribution in [-0.4, -0.2) is 21.1 Å². The molecule has 1 N–H and O–H groups in total. The minimum Gasteiger partial charge on any atom is -0.301 e. The average molecular weight is 505 g/mol. The summed E-state index contributed by atoms with van der Waals surface area (Å²) in [5.41, 5.74) is 4.98. The maximum absolute atomic E-state index is 13.1. The fourth-order valence-corrected chi connectivity index (χ4v) is 6.21. The number of carbonyl (C=O) groups is 1. The Morgan fingerprint density at radius 1 is 1.29 bits per heavy atom. The van der Waals surface area contributed by atoms with E-state index in [-0.39, 0.29) is 16.6 Å². The molecule has 2 atom stereocenters. The van der Waals surface area contributed by atoms with Crippen molar-refractivity contribution in [2.24, 2.45) is 11.3 Å². The van der Waals surface area contributed by atoms with E-state index in [2.05, 4.69) is 37.1 Å². The third-order valence-corrected chi connectivity index (χ3v) is 9.33. The van der Waals surface area contributed by atoms with Crippen LogP contribution in [-0.2, 0) is 17.6 Å². The van der Waals surface area contributed by atoms with Crippen LogP contribution < -0.4 is 5.32 Å². The Morgan fingerprint density at radius 3 is 2.74 bits per heavy atom. The van der Waals surface area contributed by atoms with Crippen LogP contribution in [0.2, 0.25) is 0 Å². The molecule has 0 bridgehead atoms. The Hall–Kier alpha value is -2.69. The number of hydrogen-bond donors (Lipinski definition) is 1. The molecule has 7 heteroatoms. The number of benzene rings is 1. The lowest BCUT2D eigenvalue weighted by Crippen LogP contribution is -2.29. The summed E-state index contributed by atoms with van der Waals surface area (Å²) >= 11 is 2.80. The topological polar surface area (TPSA) is 78.7 Å². The molecule has 35 heavy (non-hydrogen) atoms. The second-order valence-corrected chi connectivity index (χ2v) is 11.8.